The molecule has 0 radical (unpaired) electrons. The number of methoxy groups -OCH3 is 1. The van der Waals surface area contributed by atoms with Crippen LogP contribution in [0.3, 0.4) is 0 Å². The summed E-state index contributed by atoms with van der Waals surface area (Å²) >= 11 is 0. The zero-order valence-electron chi connectivity index (χ0n) is 20.7. The number of carbonyl (C=O) groups excluding carboxylic acids is 1. The first-order valence-electron chi connectivity index (χ1n) is 10.5. The van der Waals surface area contributed by atoms with Gasteiger partial charge in [-0.05, 0) is 56.3 Å². The predicted octanol–water partition coefficient (Wildman–Crippen LogP) is 1.04. The average Bonchev–Trinajstić information content (AvgIpc) is 2.75. The van der Waals surface area contributed by atoms with Crippen LogP contribution in [0.4, 0.5) is 11.4 Å². The van der Waals surface area contributed by atoms with E-state index in [0.717, 1.165) is 14.9 Å². The Kier molecular flexibility index (Phi) is 9.12. The van der Waals surface area contributed by atoms with Gasteiger partial charge in [0, 0.05) is 20.1 Å². The van der Waals surface area contributed by atoms with Crippen LogP contribution < -0.4 is 19.1 Å². The Hall–Kier alpha value is -2.72. The molecule has 0 saturated heterocycles. The first-order valence-corrected chi connectivity index (χ1v) is 15.3. The number of rotatable bonds is 11. The predicted molar refractivity (Wildman–Crippen MR) is 137 cm³/mol. The Bertz CT molecular complexity index is 1420. The number of sulfonamides is 3. The lowest BCUT2D eigenvalue weighted by molar-refractivity contribution is -0.114. The molecule has 0 heterocycles. The van der Waals surface area contributed by atoms with E-state index in [1.165, 1.54) is 63.7 Å². The number of hydrogen-bond donors (Lipinski definition) is 2. The summed E-state index contributed by atoms with van der Waals surface area (Å²) in [6.07, 6.45) is 0.899. The van der Waals surface area contributed by atoms with Gasteiger partial charge >= 0.3 is 0 Å². The van der Waals surface area contributed by atoms with Crippen LogP contribution in [0.25, 0.3) is 0 Å². The highest BCUT2D eigenvalue weighted by Gasteiger charge is 2.24. The van der Waals surface area contributed by atoms with E-state index in [9.17, 15) is 30.0 Å². The summed E-state index contributed by atoms with van der Waals surface area (Å²) in [7, 11) is -7.50. The van der Waals surface area contributed by atoms with E-state index in [1.54, 1.807) is 13.8 Å². The Balaban J connectivity index is 2.36. The summed E-state index contributed by atoms with van der Waals surface area (Å²) in [4.78, 5) is 12.7. The molecule has 0 unspecified atom stereocenters. The van der Waals surface area contributed by atoms with Crippen molar-refractivity contribution in [2.75, 3.05) is 43.6 Å². The standard InChI is InChI=1S/C21H30N4O8S3/c1-15(2)23-35(29,30)18-11-12-20(33-5)19(13-18)22-21(26)14-25(34(6,27)28)16-7-9-17(10-8-16)36(31,32)24(3)4/h7-13,15,23H,14H2,1-6H3,(H,22,26). The van der Waals surface area contributed by atoms with E-state index in [2.05, 4.69) is 10.0 Å². The number of carbonyl (C=O) groups is 1. The van der Waals surface area contributed by atoms with E-state index in [4.69, 9.17) is 4.74 Å². The quantitative estimate of drug-likeness (QED) is 0.411. The number of amides is 1. The summed E-state index contributed by atoms with van der Waals surface area (Å²) in [5.74, 6) is -0.619. The van der Waals surface area contributed by atoms with Crippen LogP contribution in [0.1, 0.15) is 13.8 Å². The van der Waals surface area contributed by atoms with Crippen molar-refractivity contribution in [1.29, 1.82) is 0 Å². The maximum absolute atomic E-state index is 12.8. The minimum Gasteiger partial charge on any atom is -0.495 e. The van der Waals surface area contributed by atoms with Crippen molar-refractivity contribution in [2.45, 2.75) is 29.7 Å². The molecule has 0 aromatic heterocycles. The van der Waals surface area contributed by atoms with E-state index in [-0.39, 0.29) is 33.0 Å². The molecule has 0 fully saturated rings. The lowest BCUT2D eigenvalue weighted by atomic mass is 10.3. The number of nitrogens with one attached hydrogen (secondary N) is 2. The number of anilines is 2. The smallest absolute Gasteiger partial charge is 0.245 e. The average molecular weight is 563 g/mol. The third kappa shape index (κ3) is 7.16. The highest BCUT2D eigenvalue weighted by molar-refractivity contribution is 7.92. The fourth-order valence-corrected chi connectivity index (χ4v) is 6.08. The van der Waals surface area contributed by atoms with Crippen molar-refractivity contribution < 1.29 is 34.8 Å². The zero-order chi connectivity index (χ0) is 27.5. The Morgan fingerprint density at radius 2 is 1.50 bits per heavy atom. The molecular weight excluding hydrogens is 532 g/mol. The SMILES string of the molecule is COc1ccc(S(=O)(=O)NC(C)C)cc1NC(=O)CN(c1ccc(S(=O)(=O)N(C)C)cc1)S(C)(=O)=O. The summed E-state index contributed by atoms with van der Waals surface area (Å²) < 4.78 is 83.9. The van der Waals surface area contributed by atoms with Crippen molar-refractivity contribution in [3.63, 3.8) is 0 Å². The molecule has 36 heavy (non-hydrogen) atoms. The second-order valence-corrected chi connectivity index (χ2v) is 14.0. The summed E-state index contributed by atoms with van der Waals surface area (Å²) in [5, 5.41) is 2.49. The van der Waals surface area contributed by atoms with Crippen LogP contribution in [-0.4, -0.2) is 75.5 Å². The largest absolute Gasteiger partial charge is 0.495 e. The van der Waals surface area contributed by atoms with Gasteiger partial charge in [-0.15, -0.1) is 0 Å². The highest BCUT2D eigenvalue weighted by atomic mass is 32.2. The van der Waals surface area contributed by atoms with Gasteiger partial charge in [-0.25, -0.2) is 34.3 Å². The highest BCUT2D eigenvalue weighted by Crippen LogP contribution is 2.28. The topological polar surface area (TPSA) is 159 Å². The van der Waals surface area contributed by atoms with Gasteiger partial charge in [0.25, 0.3) is 0 Å². The molecule has 15 heteroatoms. The molecule has 0 atom stereocenters. The molecule has 2 aromatic carbocycles. The van der Waals surface area contributed by atoms with E-state index in [0.29, 0.717) is 0 Å². The second-order valence-electron chi connectivity index (χ2n) is 8.24. The van der Waals surface area contributed by atoms with Gasteiger partial charge in [-0.3, -0.25) is 9.10 Å². The molecule has 200 valence electrons. The molecule has 0 aliphatic heterocycles. The van der Waals surface area contributed by atoms with Crippen molar-refractivity contribution in [2.24, 2.45) is 0 Å². The third-order valence-electron chi connectivity index (χ3n) is 4.74. The number of ether oxygens (including phenoxy) is 1. The van der Waals surface area contributed by atoms with E-state index in [1.807, 2.05) is 0 Å². The lowest BCUT2D eigenvalue weighted by Gasteiger charge is -2.23. The minimum absolute atomic E-state index is 0.0232. The Morgan fingerprint density at radius 3 is 1.97 bits per heavy atom. The molecule has 0 spiro atoms. The van der Waals surface area contributed by atoms with Gasteiger partial charge in [0.15, 0.2) is 0 Å². The molecule has 0 aliphatic rings. The fraction of sp³-hybridized carbons (Fsp3) is 0.381. The van der Waals surface area contributed by atoms with Crippen LogP contribution >= 0.6 is 0 Å². The molecule has 2 N–H and O–H groups in total. The third-order valence-corrected chi connectivity index (χ3v) is 9.36. The van der Waals surface area contributed by atoms with Gasteiger partial charge in [-0.1, -0.05) is 0 Å². The van der Waals surface area contributed by atoms with Gasteiger partial charge in [-0.2, -0.15) is 0 Å². The van der Waals surface area contributed by atoms with Gasteiger partial charge in [0.05, 0.1) is 34.5 Å². The van der Waals surface area contributed by atoms with E-state index < -0.39 is 42.5 Å². The van der Waals surface area contributed by atoms with Gasteiger partial charge in [0.1, 0.15) is 12.3 Å². The first kappa shape index (κ1) is 29.5. The summed E-state index contributed by atoms with van der Waals surface area (Å²) in [6, 6.07) is 8.53. The summed E-state index contributed by atoms with van der Waals surface area (Å²) in [5.41, 5.74) is 0.0878. The Morgan fingerprint density at radius 1 is 0.944 bits per heavy atom. The summed E-state index contributed by atoms with van der Waals surface area (Å²) in [6.45, 7) is 2.65. The number of nitrogens with zero attached hydrogens (tertiary/aromatic N) is 2. The van der Waals surface area contributed by atoms with E-state index >= 15 is 0 Å². The molecule has 0 aliphatic carbocycles. The lowest BCUT2D eigenvalue weighted by Crippen LogP contribution is -2.37. The van der Waals surface area contributed by atoms with Crippen molar-refractivity contribution >= 4 is 47.4 Å². The minimum atomic E-state index is -3.96. The van der Waals surface area contributed by atoms with Crippen LogP contribution in [0.15, 0.2) is 52.3 Å². The van der Waals surface area contributed by atoms with Gasteiger partial charge < -0.3 is 10.1 Å². The second kappa shape index (κ2) is 11.1. The maximum Gasteiger partial charge on any atom is 0.245 e. The molecular formula is C21H30N4O8S3. The zero-order valence-corrected chi connectivity index (χ0v) is 23.2. The number of benzene rings is 2. The fourth-order valence-electron chi connectivity index (χ4n) is 3.05. The molecule has 2 rings (SSSR count). The van der Waals surface area contributed by atoms with Crippen LogP contribution in [0.2, 0.25) is 0 Å². The molecule has 0 saturated carbocycles. The van der Waals surface area contributed by atoms with Crippen LogP contribution in [-0.2, 0) is 34.9 Å². The number of hydrogen-bond acceptors (Lipinski definition) is 8. The normalized spacial score (nSPS) is 12.6. The van der Waals surface area contributed by atoms with Crippen LogP contribution in [0, 0.1) is 0 Å². The van der Waals surface area contributed by atoms with Gasteiger partial charge in [0.2, 0.25) is 36.0 Å². The molecule has 1 amide bonds. The maximum atomic E-state index is 12.8. The van der Waals surface area contributed by atoms with Crippen LogP contribution in [0.5, 0.6) is 5.75 Å². The molecule has 2 aromatic rings. The van der Waals surface area contributed by atoms with Crippen molar-refractivity contribution in [1.82, 2.24) is 9.03 Å². The molecule has 12 nitrogen and oxygen atoms in total. The molecule has 0 bridgehead atoms. The first-order chi connectivity index (χ1) is 16.5. The monoisotopic (exact) mass is 562 g/mol. The Labute approximate surface area is 212 Å². The van der Waals surface area contributed by atoms with Crippen molar-refractivity contribution in [3.05, 3.63) is 42.5 Å². The van der Waals surface area contributed by atoms with Crippen molar-refractivity contribution in [3.8, 4) is 5.75 Å².